The second-order valence-corrected chi connectivity index (χ2v) is 15.1. The molecule has 1 fully saturated rings. The van der Waals surface area contributed by atoms with Crippen molar-refractivity contribution < 1.29 is 96.2 Å². The summed E-state index contributed by atoms with van der Waals surface area (Å²) in [5.41, 5.74) is 0. The van der Waals surface area contributed by atoms with E-state index in [1.54, 1.807) is 0 Å². The molecule has 0 aliphatic carbocycles. The molecule has 0 N–H and O–H groups in total. The third-order valence-electron chi connectivity index (χ3n) is 7.19. The molecular formula is C25H21F17O5S2. The van der Waals surface area contributed by atoms with Gasteiger partial charge in [-0.25, -0.2) is 3.63 Å². The molecule has 24 heteroatoms. The van der Waals surface area contributed by atoms with Crippen LogP contribution in [-0.4, -0.2) is 86.4 Å². The van der Waals surface area contributed by atoms with Crippen molar-refractivity contribution in [3.05, 3.63) is 42.5 Å². The van der Waals surface area contributed by atoms with Crippen molar-refractivity contribution >= 4 is 31.2 Å². The Balaban J connectivity index is 2.15. The lowest BCUT2D eigenvalue weighted by atomic mass is 9.91. The van der Waals surface area contributed by atoms with Gasteiger partial charge in [-0.3, -0.25) is 0 Å². The molecule has 1 saturated heterocycles. The van der Waals surface area contributed by atoms with Crippen LogP contribution in [0.5, 0.6) is 0 Å². The predicted octanol–water partition coefficient (Wildman–Crippen LogP) is 9.01. The summed E-state index contributed by atoms with van der Waals surface area (Å²) in [4.78, 5) is -0.339. The second-order valence-electron chi connectivity index (χ2n) is 10.3. The molecule has 0 radical (unpaired) electrons. The van der Waals surface area contributed by atoms with Gasteiger partial charge in [0.05, 0.1) is 6.10 Å². The third kappa shape index (κ3) is 6.19. The molecule has 1 aliphatic rings. The highest BCUT2D eigenvalue weighted by atomic mass is 32.3. The van der Waals surface area contributed by atoms with Gasteiger partial charge in [-0.15, -0.1) is 0 Å². The van der Waals surface area contributed by atoms with Crippen LogP contribution in [0.1, 0.15) is 13.3 Å². The van der Waals surface area contributed by atoms with Crippen LogP contribution in [0.4, 0.5) is 74.6 Å². The van der Waals surface area contributed by atoms with E-state index in [9.17, 15) is 74.3 Å². The first-order chi connectivity index (χ1) is 21.9. The van der Waals surface area contributed by atoms with Gasteiger partial charge in [-0.2, -0.15) is 83.1 Å². The molecule has 0 amide bonds. The molecule has 2 unspecified atom stereocenters. The van der Waals surface area contributed by atoms with Gasteiger partial charge in [-0.05, 0) is 30.2 Å². The van der Waals surface area contributed by atoms with Gasteiger partial charge < -0.3 is 9.47 Å². The van der Waals surface area contributed by atoms with Crippen LogP contribution in [0.2, 0.25) is 0 Å². The van der Waals surface area contributed by atoms with Crippen LogP contribution in [-0.2, 0) is 23.2 Å². The molecular weight excluding hydrogens is 767 g/mol. The average molecular weight is 789 g/mol. The molecule has 2 aromatic rings. The minimum absolute atomic E-state index is 0.0000596. The number of rotatable bonds is 14. The Morgan fingerprint density at radius 1 is 0.694 bits per heavy atom. The van der Waals surface area contributed by atoms with Crippen LogP contribution in [0.15, 0.2) is 47.4 Å². The van der Waals surface area contributed by atoms with E-state index in [0.717, 1.165) is 6.07 Å². The van der Waals surface area contributed by atoms with Gasteiger partial charge in [0.15, 0.2) is 0 Å². The zero-order valence-electron chi connectivity index (χ0n) is 23.9. The van der Waals surface area contributed by atoms with E-state index >= 15 is 8.78 Å². The molecule has 3 rings (SSSR count). The molecule has 5 nitrogen and oxygen atoms in total. The summed E-state index contributed by atoms with van der Waals surface area (Å²) in [5, 5.41) is -7.56. The van der Waals surface area contributed by atoms with E-state index in [2.05, 4.69) is 3.63 Å². The van der Waals surface area contributed by atoms with Crippen molar-refractivity contribution in [1.82, 2.24) is 0 Å². The van der Waals surface area contributed by atoms with Crippen molar-refractivity contribution in [3.8, 4) is 0 Å². The lowest BCUT2D eigenvalue weighted by molar-refractivity contribution is -0.458. The molecule has 1 aliphatic heterocycles. The summed E-state index contributed by atoms with van der Waals surface area (Å²) < 4.78 is 275. The monoisotopic (exact) mass is 788 g/mol. The maximum absolute atomic E-state index is 15.0. The predicted molar refractivity (Wildman–Crippen MR) is 136 cm³/mol. The zero-order chi connectivity index (χ0) is 37.9. The van der Waals surface area contributed by atoms with E-state index in [1.165, 1.54) is 43.3 Å². The molecule has 0 spiro atoms. The van der Waals surface area contributed by atoms with E-state index in [4.69, 9.17) is 9.47 Å². The summed E-state index contributed by atoms with van der Waals surface area (Å²) in [6, 6.07) is 8.94. The van der Waals surface area contributed by atoms with E-state index in [-0.39, 0.29) is 28.7 Å². The van der Waals surface area contributed by atoms with Crippen LogP contribution in [0.3, 0.4) is 0 Å². The SMILES string of the molecule is CCOCOC1CCS(OS(=O)(=O)C(F)(F)C(F)(F)C(F)(F)C(F)(F)C(F)(F)C(F)(F)C(F)(F)C(F)(F)F)(c2cccc3ccccc23)C1. The third-order valence-corrected chi connectivity index (χ3v) is 12.8. The topological polar surface area (TPSA) is 61.8 Å². The Bertz CT molecular complexity index is 1610. The molecule has 1 heterocycles. The maximum atomic E-state index is 15.0. The zero-order valence-corrected chi connectivity index (χ0v) is 25.6. The number of halogens is 17. The molecule has 0 aromatic heterocycles. The van der Waals surface area contributed by atoms with Crippen molar-refractivity contribution in [2.75, 3.05) is 24.9 Å². The van der Waals surface area contributed by atoms with Crippen LogP contribution >= 0.6 is 10.3 Å². The lowest BCUT2D eigenvalue weighted by Gasteiger charge is -2.43. The van der Waals surface area contributed by atoms with E-state index in [0.29, 0.717) is 0 Å². The fourth-order valence-electron chi connectivity index (χ4n) is 4.49. The Morgan fingerprint density at radius 3 is 1.71 bits per heavy atom. The Kier molecular flexibility index (Phi) is 10.7. The fourth-order valence-corrected chi connectivity index (χ4v) is 10.4. The number of benzene rings is 2. The Hall–Kier alpha value is -2.31. The molecule has 2 atom stereocenters. The Labute approximate surface area is 266 Å². The summed E-state index contributed by atoms with van der Waals surface area (Å²) in [6.07, 6.45) is -9.43. The van der Waals surface area contributed by atoms with E-state index in [1.807, 2.05) is 0 Å². The molecule has 282 valence electrons. The van der Waals surface area contributed by atoms with Crippen LogP contribution < -0.4 is 0 Å². The van der Waals surface area contributed by atoms with E-state index < -0.39 is 91.8 Å². The standard InChI is InChI=1S/C25H21F17O5S2/c1-2-45-13-46-15-10-11-48(12-15,17-9-5-7-14-6-3-4-8-16(14)17)47-49(43,44)25(41,42)23(36,37)21(32,33)19(28,29)18(26,27)20(30,31)22(34,35)24(38,39)40/h3-9,15H,2,10-13H2,1H3. The largest absolute Gasteiger partial charge is 0.460 e. The second kappa shape index (κ2) is 12.7. The van der Waals surface area contributed by atoms with Gasteiger partial charge in [-0.1, -0.05) is 46.7 Å². The van der Waals surface area contributed by atoms with Crippen molar-refractivity contribution in [2.45, 2.75) is 71.3 Å². The Morgan fingerprint density at radius 2 is 1.18 bits per heavy atom. The molecule has 49 heavy (non-hydrogen) atoms. The van der Waals surface area contributed by atoms with Crippen molar-refractivity contribution in [2.24, 2.45) is 0 Å². The minimum Gasteiger partial charge on any atom is -0.356 e. The molecule has 0 bridgehead atoms. The van der Waals surface area contributed by atoms with Gasteiger partial charge in [0, 0.05) is 23.0 Å². The quantitative estimate of drug-likeness (QED) is 0.109. The highest BCUT2D eigenvalue weighted by Gasteiger charge is 2.96. The van der Waals surface area contributed by atoms with Gasteiger partial charge in [0.1, 0.15) is 6.79 Å². The first-order valence-electron chi connectivity index (χ1n) is 13.1. The summed E-state index contributed by atoms with van der Waals surface area (Å²) in [5.74, 6) is -53.7. The number of hydrogen-bond acceptors (Lipinski definition) is 5. The maximum Gasteiger partial charge on any atom is 0.460 e. The number of hydrogen-bond donors (Lipinski definition) is 0. The summed E-state index contributed by atoms with van der Waals surface area (Å²) in [7, 11) is -11.8. The highest BCUT2D eigenvalue weighted by molar-refractivity contribution is 8.33. The number of alkyl halides is 17. The minimum atomic E-state index is -8.94. The average Bonchev–Trinajstić information content (AvgIpc) is 3.38. The van der Waals surface area contributed by atoms with Crippen molar-refractivity contribution in [1.29, 1.82) is 0 Å². The number of ether oxygens (including phenoxy) is 2. The number of fused-ring (bicyclic) bond motifs is 1. The fraction of sp³-hybridized carbons (Fsp3) is 0.600. The lowest BCUT2D eigenvalue weighted by Crippen LogP contribution is -2.75. The normalized spacial score (nSPS) is 22.4. The molecule has 0 saturated carbocycles. The van der Waals surface area contributed by atoms with Crippen molar-refractivity contribution in [3.63, 3.8) is 0 Å². The first-order valence-corrected chi connectivity index (χ1v) is 16.4. The highest BCUT2D eigenvalue weighted by Crippen LogP contribution is 2.68. The smallest absolute Gasteiger partial charge is 0.356 e. The first kappa shape index (κ1) is 41.1. The van der Waals surface area contributed by atoms with Gasteiger partial charge >= 0.3 is 57.1 Å². The van der Waals surface area contributed by atoms with Gasteiger partial charge in [0.25, 0.3) is 0 Å². The summed E-state index contributed by atoms with van der Waals surface area (Å²) >= 11 is 0. The van der Waals surface area contributed by atoms with Gasteiger partial charge in [0.2, 0.25) is 0 Å². The van der Waals surface area contributed by atoms with Crippen LogP contribution in [0.25, 0.3) is 10.8 Å². The van der Waals surface area contributed by atoms with Crippen LogP contribution in [0, 0.1) is 0 Å². The summed E-state index contributed by atoms with van der Waals surface area (Å²) in [6.45, 7) is 1.04. The molecule has 2 aromatic carbocycles.